The normalized spacial score (nSPS) is 16.5. The second kappa shape index (κ2) is 7.69. The number of rotatable bonds is 7. The Morgan fingerprint density at radius 2 is 2.00 bits per heavy atom. The first-order valence-electron chi connectivity index (χ1n) is 7.23. The van der Waals surface area contributed by atoms with Crippen LogP contribution in [0.4, 0.5) is 0 Å². The van der Waals surface area contributed by atoms with Gasteiger partial charge in [0.05, 0.1) is 4.90 Å². The molecule has 2 rings (SSSR count). The van der Waals surface area contributed by atoms with Gasteiger partial charge in [0.25, 0.3) is 0 Å². The Morgan fingerprint density at radius 3 is 2.62 bits per heavy atom. The molecule has 0 bridgehead atoms. The van der Waals surface area contributed by atoms with E-state index in [0.29, 0.717) is 17.6 Å². The molecule has 1 aliphatic rings. The number of nitrogens with zero attached hydrogens (tertiary/aromatic N) is 1. The molecule has 7 heteroatoms. The van der Waals surface area contributed by atoms with Gasteiger partial charge in [0.1, 0.15) is 0 Å². The van der Waals surface area contributed by atoms with Crippen LogP contribution >= 0.6 is 15.9 Å². The van der Waals surface area contributed by atoms with Crippen LogP contribution in [-0.2, 0) is 16.6 Å². The van der Waals surface area contributed by atoms with E-state index in [4.69, 9.17) is 5.73 Å². The molecule has 0 unspecified atom stereocenters. The van der Waals surface area contributed by atoms with Crippen molar-refractivity contribution in [2.24, 2.45) is 5.73 Å². The van der Waals surface area contributed by atoms with Gasteiger partial charge in [0, 0.05) is 17.6 Å². The first kappa shape index (κ1) is 16.9. The third-order valence-corrected chi connectivity index (χ3v) is 6.10. The van der Waals surface area contributed by atoms with Gasteiger partial charge >= 0.3 is 0 Å². The van der Waals surface area contributed by atoms with Crippen LogP contribution in [0, 0.1) is 0 Å². The quantitative estimate of drug-likeness (QED) is 0.710. The highest BCUT2D eigenvalue weighted by Gasteiger charge is 2.17. The predicted molar refractivity (Wildman–Crippen MR) is 87.5 cm³/mol. The molecule has 1 aromatic carbocycles. The second-order valence-electron chi connectivity index (χ2n) is 5.27. The van der Waals surface area contributed by atoms with Crippen LogP contribution in [0.1, 0.15) is 24.8 Å². The molecule has 0 aliphatic carbocycles. The summed E-state index contributed by atoms with van der Waals surface area (Å²) >= 11 is 3.30. The lowest BCUT2D eigenvalue weighted by atomic mass is 10.2. The minimum Gasteiger partial charge on any atom is -0.326 e. The van der Waals surface area contributed by atoms with Crippen LogP contribution in [0.25, 0.3) is 0 Å². The monoisotopic (exact) mass is 375 g/mol. The van der Waals surface area contributed by atoms with Gasteiger partial charge in [-0.15, -0.1) is 0 Å². The molecule has 1 heterocycles. The molecular formula is C14H22BrN3O2S. The summed E-state index contributed by atoms with van der Waals surface area (Å²) in [6, 6.07) is 5.08. The van der Waals surface area contributed by atoms with Crippen LogP contribution in [0.2, 0.25) is 0 Å². The van der Waals surface area contributed by atoms with E-state index in [-0.39, 0.29) is 4.90 Å². The number of halogens is 1. The summed E-state index contributed by atoms with van der Waals surface area (Å²) in [4.78, 5) is 2.64. The largest absolute Gasteiger partial charge is 0.326 e. The molecule has 5 nitrogen and oxygen atoms in total. The van der Waals surface area contributed by atoms with Crippen LogP contribution < -0.4 is 10.5 Å². The Bertz CT molecular complexity index is 572. The summed E-state index contributed by atoms with van der Waals surface area (Å²) in [6.45, 7) is 4.08. The molecule has 1 fully saturated rings. The molecule has 3 N–H and O–H groups in total. The number of nitrogens with two attached hydrogens (primary N) is 1. The highest BCUT2D eigenvalue weighted by Crippen LogP contribution is 2.23. The molecule has 0 amide bonds. The first-order valence-corrected chi connectivity index (χ1v) is 9.51. The first-order chi connectivity index (χ1) is 10.0. The Balaban J connectivity index is 1.88. The van der Waals surface area contributed by atoms with E-state index < -0.39 is 10.0 Å². The summed E-state index contributed by atoms with van der Waals surface area (Å²) in [5.74, 6) is 0. The summed E-state index contributed by atoms with van der Waals surface area (Å²) in [5, 5.41) is 0. The number of sulfonamides is 1. The van der Waals surface area contributed by atoms with Crippen molar-refractivity contribution in [3.05, 3.63) is 28.2 Å². The van der Waals surface area contributed by atoms with Crippen LogP contribution in [-0.4, -0.2) is 39.5 Å². The third kappa shape index (κ3) is 4.75. The lowest BCUT2D eigenvalue weighted by Crippen LogP contribution is -2.29. The van der Waals surface area contributed by atoms with Crippen molar-refractivity contribution in [3.63, 3.8) is 0 Å². The molecule has 0 spiro atoms. The Kier molecular flexibility index (Phi) is 6.19. The van der Waals surface area contributed by atoms with Crippen molar-refractivity contribution in [3.8, 4) is 0 Å². The highest BCUT2D eigenvalue weighted by atomic mass is 79.9. The number of hydrogen-bond acceptors (Lipinski definition) is 4. The van der Waals surface area contributed by atoms with E-state index in [1.165, 1.54) is 12.8 Å². The van der Waals surface area contributed by atoms with Gasteiger partial charge in [0.2, 0.25) is 10.0 Å². The molecule has 0 radical (unpaired) electrons. The van der Waals surface area contributed by atoms with E-state index in [2.05, 4.69) is 25.6 Å². The molecule has 0 atom stereocenters. The van der Waals surface area contributed by atoms with Crippen molar-refractivity contribution < 1.29 is 8.42 Å². The molecule has 0 saturated carbocycles. The summed E-state index contributed by atoms with van der Waals surface area (Å²) in [6.07, 6.45) is 3.34. The smallest absolute Gasteiger partial charge is 0.241 e. The average Bonchev–Trinajstić information content (AvgIpc) is 2.96. The van der Waals surface area contributed by atoms with Crippen molar-refractivity contribution in [2.45, 2.75) is 30.7 Å². The molecule has 1 saturated heterocycles. The minimum absolute atomic E-state index is 0.265. The fourth-order valence-corrected chi connectivity index (χ4v) is 4.68. The highest BCUT2D eigenvalue weighted by molar-refractivity contribution is 9.10. The number of hydrogen-bond donors (Lipinski definition) is 2. The van der Waals surface area contributed by atoms with Crippen LogP contribution in [0.3, 0.4) is 0 Å². The predicted octanol–water partition coefficient (Wildman–Crippen LogP) is 1.67. The minimum atomic E-state index is -3.47. The van der Waals surface area contributed by atoms with Crippen molar-refractivity contribution in [2.75, 3.05) is 26.2 Å². The maximum atomic E-state index is 12.3. The Hall–Kier alpha value is -0.470. The number of benzene rings is 1. The average molecular weight is 376 g/mol. The van der Waals surface area contributed by atoms with Gasteiger partial charge in [-0.2, -0.15) is 0 Å². The molecule has 1 aliphatic heterocycles. The SMILES string of the molecule is NCc1ccc(S(=O)(=O)NCCCN2CCCC2)c(Br)c1. The van der Waals surface area contributed by atoms with Crippen molar-refractivity contribution in [1.82, 2.24) is 9.62 Å². The van der Waals surface area contributed by atoms with E-state index >= 15 is 0 Å². The van der Waals surface area contributed by atoms with E-state index in [1.54, 1.807) is 18.2 Å². The third-order valence-electron chi connectivity index (χ3n) is 3.66. The van der Waals surface area contributed by atoms with Gasteiger partial charge in [-0.3, -0.25) is 0 Å². The summed E-state index contributed by atoms with van der Waals surface area (Å²) < 4.78 is 27.7. The molecule has 118 valence electrons. The lowest BCUT2D eigenvalue weighted by molar-refractivity contribution is 0.334. The van der Waals surface area contributed by atoms with Gasteiger partial charge in [-0.05, 0) is 72.5 Å². The van der Waals surface area contributed by atoms with Gasteiger partial charge < -0.3 is 10.6 Å². The van der Waals surface area contributed by atoms with Crippen molar-refractivity contribution in [1.29, 1.82) is 0 Å². The zero-order valence-electron chi connectivity index (χ0n) is 12.0. The lowest BCUT2D eigenvalue weighted by Gasteiger charge is -2.14. The molecule has 0 aromatic heterocycles. The Morgan fingerprint density at radius 1 is 1.29 bits per heavy atom. The van der Waals surface area contributed by atoms with E-state index in [0.717, 1.165) is 31.6 Å². The standard InChI is InChI=1S/C14H22BrN3O2S/c15-13-10-12(11-16)4-5-14(13)21(19,20)17-6-3-9-18-7-1-2-8-18/h4-5,10,17H,1-3,6-9,11,16H2. The molecular weight excluding hydrogens is 354 g/mol. The maximum absolute atomic E-state index is 12.3. The fraction of sp³-hybridized carbons (Fsp3) is 0.571. The summed E-state index contributed by atoms with van der Waals surface area (Å²) in [5.41, 5.74) is 6.44. The van der Waals surface area contributed by atoms with E-state index in [9.17, 15) is 8.42 Å². The topological polar surface area (TPSA) is 75.4 Å². The Labute approximate surface area is 135 Å². The number of nitrogens with one attached hydrogen (secondary N) is 1. The van der Waals surface area contributed by atoms with Gasteiger partial charge in [-0.25, -0.2) is 13.1 Å². The summed E-state index contributed by atoms with van der Waals surface area (Å²) in [7, 11) is -3.47. The maximum Gasteiger partial charge on any atom is 0.241 e. The number of likely N-dealkylation sites (tertiary alicyclic amines) is 1. The zero-order chi connectivity index (χ0) is 15.3. The van der Waals surface area contributed by atoms with Gasteiger partial charge in [-0.1, -0.05) is 6.07 Å². The van der Waals surface area contributed by atoms with Crippen LogP contribution in [0.5, 0.6) is 0 Å². The van der Waals surface area contributed by atoms with Gasteiger partial charge in [0.15, 0.2) is 0 Å². The fourth-order valence-electron chi connectivity index (χ4n) is 2.48. The molecule has 21 heavy (non-hydrogen) atoms. The second-order valence-corrected chi connectivity index (χ2v) is 7.86. The molecule has 1 aromatic rings. The van der Waals surface area contributed by atoms with E-state index in [1.807, 2.05) is 0 Å². The zero-order valence-corrected chi connectivity index (χ0v) is 14.4. The van der Waals surface area contributed by atoms with Crippen LogP contribution in [0.15, 0.2) is 27.6 Å². The van der Waals surface area contributed by atoms with Crippen molar-refractivity contribution >= 4 is 26.0 Å².